The van der Waals surface area contributed by atoms with Crippen molar-refractivity contribution in [2.75, 3.05) is 36.4 Å². The predicted octanol–water partition coefficient (Wildman–Crippen LogP) is 3.16. The molecule has 2 heterocycles. The zero-order chi connectivity index (χ0) is 21.7. The van der Waals surface area contributed by atoms with Gasteiger partial charge in [0.1, 0.15) is 5.54 Å². The van der Waals surface area contributed by atoms with Crippen LogP contribution in [-0.4, -0.2) is 54.6 Å². The van der Waals surface area contributed by atoms with E-state index in [4.69, 9.17) is 0 Å². The number of anilines is 2. The van der Waals surface area contributed by atoms with Crippen molar-refractivity contribution in [3.63, 3.8) is 0 Å². The number of piperidine rings is 1. The number of unbranched alkanes of at least 4 members (excludes halogenated alkanes) is 1. The quantitative estimate of drug-likeness (QED) is 0.471. The Hall–Kier alpha value is -2.61. The molecule has 0 bridgehead atoms. The van der Waals surface area contributed by atoms with E-state index in [1.54, 1.807) is 38.1 Å². The van der Waals surface area contributed by atoms with E-state index >= 15 is 0 Å². The van der Waals surface area contributed by atoms with Gasteiger partial charge in [0.25, 0.3) is 5.91 Å². The highest BCUT2D eigenvalue weighted by Gasteiger charge is 2.45. The number of hydrogen-bond donors (Lipinski definition) is 3. The zero-order valence-corrected chi connectivity index (χ0v) is 18.2. The number of nitrogens with one attached hydrogen (secondary N) is 3. The SMILES string of the molecule is CC1CCN(CCCCNC(=O)Nc2cccc(N3C(=O)NC(C)(C)C3=O)c2)CC1. The van der Waals surface area contributed by atoms with Crippen LogP contribution in [0.1, 0.15) is 46.5 Å². The van der Waals surface area contributed by atoms with Gasteiger partial charge in [0.05, 0.1) is 5.69 Å². The van der Waals surface area contributed by atoms with Gasteiger partial charge in [0.15, 0.2) is 0 Å². The fraction of sp³-hybridized carbons (Fsp3) is 0.591. The highest BCUT2D eigenvalue weighted by Crippen LogP contribution is 2.26. The molecular weight excluding hydrogens is 382 g/mol. The van der Waals surface area contributed by atoms with Crippen LogP contribution in [0.5, 0.6) is 0 Å². The van der Waals surface area contributed by atoms with E-state index in [2.05, 4.69) is 27.8 Å². The van der Waals surface area contributed by atoms with Gasteiger partial charge in [-0.25, -0.2) is 14.5 Å². The van der Waals surface area contributed by atoms with Gasteiger partial charge in [0.2, 0.25) is 0 Å². The minimum absolute atomic E-state index is 0.295. The molecule has 1 aromatic carbocycles. The summed E-state index contributed by atoms with van der Waals surface area (Å²) in [7, 11) is 0. The summed E-state index contributed by atoms with van der Waals surface area (Å²) in [5.74, 6) is 0.520. The van der Waals surface area contributed by atoms with Crippen molar-refractivity contribution in [2.24, 2.45) is 5.92 Å². The lowest BCUT2D eigenvalue weighted by Crippen LogP contribution is -2.40. The third kappa shape index (κ3) is 5.50. The molecule has 5 amide bonds. The van der Waals surface area contributed by atoms with Crippen LogP contribution in [0.3, 0.4) is 0 Å². The molecule has 30 heavy (non-hydrogen) atoms. The molecule has 0 unspecified atom stereocenters. The van der Waals surface area contributed by atoms with Gasteiger partial charge in [-0.2, -0.15) is 0 Å². The lowest BCUT2D eigenvalue weighted by Gasteiger charge is -2.30. The topological polar surface area (TPSA) is 93.8 Å². The third-order valence-corrected chi connectivity index (χ3v) is 5.79. The van der Waals surface area contributed by atoms with Crippen LogP contribution in [0.2, 0.25) is 0 Å². The molecule has 0 aromatic heterocycles. The summed E-state index contributed by atoms with van der Waals surface area (Å²) in [5.41, 5.74) is 0.0131. The number of nitrogens with zero attached hydrogens (tertiary/aromatic N) is 2. The molecule has 0 spiro atoms. The maximum absolute atomic E-state index is 12.4. The van der Waals surface area contributed by atoms with E-state index in [0.29, 0.717) is 17.9 Å². The highest BCUT2D eigenvalue weighted by atomic mass is 16.2. The Balaban J connectivity index is 1.42. The van der Waals surface area contributed by atoms with Crippen molar-refractivity contribution in [3.05, 3.63) is 24.3 Å². The van der Waals surface area contributed by atoms with Crippen LogP contribution >= 0.6 is 0 Å². The van der Waals surface area contributed by atoms with Gasteiger partial charge < -0.3 is 20.9 Å². The largest absolute Gasteiger partial charge is 0.338 e. The van der Waals surface area contributed by atoms with Crippen molar-refractivity contribution < 1.29 is 14.4 Å². The highest BCUT2D eigenvalue weighted by molar-refractivity contribution is 6.23. The van der Waals surface area contributed by atoms with Gasteiger partial charge in [-0.05, 0) is 83.3 Å². The molecule has 164 valence electrons. The molecule has 8 nitrogen and oxygen atoms in total. The standard InChI is InChI=1S/C22H33N5O3/c1-16-9-13-26(14-10-16)12-5-4-11-23-20(29)24-17-7-6-8-18(15-17)27-19(28)22(2,3)25-21(27)30/h6-8,15-16H,4-5,9-14H2,1-3H3,(H,25,30)(H2,23,24,29). The number of urea groups is 2. The number of benzene rings is 1. The summed E-state index contributed by atoms with van der Waals surface area (Å²) in [5, 5.41) is 8.29. The Bertz CT molecular complexity index is 787. The van der Waals surface area contributed by atoms with Crippen LogP contribution in [-0.2, 0) is 4.79 Å². The lowest BCUT2D eigenvalue weighted by atomic mass is 9.99. The number of imide groups is 1. The monoisotopic (exact) mass is 415 g/mol. The maximum Gasteiger partial charge on any atom is 0.329 e. The molecule has 2 aliphatic heterocycles. The van der Waals surface area contributed by atoms with Crippen LogP contribution in [0.25, 0.3) is 0 Å². The number of likely N-dealkylation sites (tertiary alicyclic amines) is 1. The first-order chi connectivity index (χ1) is 14.3. The van der Waals surface area contributed by atoms with Crippen LogP contribution in [0, 0.1) is 5.92 Å². The molecule has 3 rings (SSSR count). The van der Waals surface area contributed by atoms with E-state index in [1.807, 2.05) is 0 Å². The number of carbonyl (C=O) groups is 3. The van der Waals surface area contributed by atoms with E-state index in [9.17, 15) is 14.4 Å². The van der Waals surface area contributed by atoms with Crippen LogP contribution in [0.15, 0.2) is 24.3 Å². The van der Waals surface area contributed by atoms with Crippen molar-refractivity contribution in [2.45, 2.75) is 52.0 Å². The maximum atomic E-state index is 12.4. The first-order valence-corrected chi connectivity index (χ1v) is 10.8. The fourth-order valence-electron chi connectivity index (χ4n) is 3.83. The molecule has 0 radical (unpaired) electrons. The number of amides is 5. The summed E-state index contributed by atoms with van der Waals surface area (Å²) in [6.45, 7) is 9.69. The second kappa shape index (κ2) is 9.47. The second-order valence-corrected chi connectivity index (χ2v) is 8.86. The smallest absolute Gasteiger partial charge is 0.329 e. The van der Waals surface area contributed by atoms with Gasteiger partial charge in [-0.15, -0.1) is 0 Å². The minimum Gasteiger partial charge on any atom is -0.338 e. The first-order valence-electron chi connectivity index (χ1n) is 10.8. The molecule has 8 heteroatoms. The van der Waals surface area contributed by atoms with Gasteiger partial charge in [0, 0.05) is 12.2 Å². The molecule has 2 aliphatic rings. The molecule has 2 fully saturated rings. The zero-order valence-electron chi connectivity index (χ0n) is 18.2. The Labute approximate surface area is 178 Å². The van der Waals surface area contributed by atoms with Crippen LogP contribution < -0.4 is 20.9 Å². The Morgan fingerprint density at radius 2 is 1.93 bits per heavy atom. The summed E-state index contributed by atoms with van der Waals surface area (Å²) in [6, 6.07) is 5.96. The van der Waals surface area contributed by atoms with Crippen molar-refractivity contribution in [1.82, 2.24) is 15.5 Å². The molecule has 0 aliphatic carbocycles. The van der Waals surface area contributed by atoms with E-state index in [1.165, 1.54) is 25.9 Å². The summed E-state index contributed by atoms with van der Waals surface area (Å²) >= 11 is 0. The lowest BCUT2D eigenvalue weighted by molar-refractivity contribution is -0.121. The van der Waals surface area contributed by atoms with Gasteiger partial charge in [-0.1, -0.05) is 13.0 Å². The number of carbonyl (C=O) groups excluding carboxylic acids is 3. The van der Waals surface area contributed by atoms with E-state index in [0.717, 1.165) is 30.2 Å². The average Bonchev–Trinajstić information content (AvgIpc) is 2.90. The summed E-state index contributed by atoms with van der Waals surface area (Å²) < 4.78 is 0. The normalized spacial score (nSPS) is 19.6. The summed E-state index contributed by atoms with van der Waals surface area (Å²) in [6.07, 6.45) is 4.55. The van der Waals surface area contributed by atoms with Crippen molar-refractivity contribution in [3.8, 4) is 0 Å². The second-order valence-electron chi connectivity index (χ2n) is 8.86. The average molecular weight is 416 g/mol. The molecule has 2 saturated heterocycles. The van der Waals surface area contributed by atoms with Gasteiger partial charge in [-0.3, -0.25) is 4.79 Å². The Morgan fingerprint density at radius 3 is 2.60 bits per heavy atom. The minimum atomic E-state index is -0.940. The summed E-state index contributed by atoms with van der Waals surface area (Å²) in [4.78, 5) is 40.4. The van der Waals surface area contributed by atoms with Crippen molar-refractivity contribution in [1.29, 1.82) is 0 Å². The molecule has 3 N–H and O–H groups in total. The molecule has 0 atom stereocenters. The molecular formula is C22H33N5O3. The fourth-order valence-corrected chi connectivity index (χ4v) is 3.83. The number of rotatable bonds is 7. The van der Waals surface area contributed by atoms with E-state index < -0.39 is 11.6 Å². The van der Waals surface area contributed by atoms with Crippen molar-refractivity contribution >= 4 is 29.3 Å². The first kappa shape index (κ1) is 22.1. The molecule has 0 saturated carbocycles. The van der Waals surface area contributed by atoms with Gasteiger partial charge >= 0.3 is 12.1 Å². The Morgan fingerprint density at radius 1 is 1.20 bits per heavy atom. The predicted molar refractivity (Wildman–Crippen MR) is 118 cm³/mol. The number of hydrogen-bond acceptors (Lipinski definition) is 4. The third-order valence-electron chi connectivity index (χ3n) is 5.79. The molecule has 1 aromatic rings. The Kier molecular flexibility index (Phi) is 6.97. The van der Waals surface area contributed by atoms with E-state index in [-0.39, 0.29) is 11.9 Å². The van der Waals surface area contributed by atoms with Crippen LogP contribution in [0.4, 0.5) is 21.0 Å².